The fourth-order valence-electron chi connectivity index (χ4n) is 4.58. The highest BCUT2D eigenvalue weighted by atomic mass is 32.1. The second-order valence-corrected chi connectivity index (χ2v) is 9.69. The Labute approximate surface area is 233 Å². The summed E-state index contributed by atoms with van der Waals surface area (Å²) in [6.45, 7) is 0. The van der Waals surface area contributed by atoms with Crippen molar-refractivity contribution in [2.75, 3.05) is 35.5 Å². The number of aromatic nitrogens is 5. The number of methoxy groups -OCH3 is 5. The predicted molar refractivity (Wildman–Crippen MR) is 152 cm³/mol. The van der Waals surface area contributed by atoms with E-state index in [-0.39, 0.29) is 0 Å². The van der Waals surface area contributed by atoms with Gasteiger partial charge in [0.05, 0.1) is 40.2 Å². The molecule has 0 unspecified atom stereocenters. The van der Waals surface area contributed by atoms with E-state index in [1.807, 2.05) is 66.7 Å². The molecular weight excluding hydrogens is 530 g/mol. The summed E-state index contributed by atoms with van der Waals surface area (Å²) in [5, 5.41) is 12.4. The first-order valence-electron chi connectivity index (χ1n) is 12.3. The first-order valence-corrected chi connectivity index (χ1v) is 13.1. The molecule has 4 aromatic carbocycles. The van der Waals surface area contributed by atoms with Crippen molar-refractivity contribution in [3.8, 4) is 51.0 Å². The lowest BCUT2D eigenvalue weighted by atomic mass is 10.1. The van der Waals surface area contributed by atoms with Gasteiger partial charge < -0.3 is 23.7 Å². The van der Waals surface area contributed by atoms with Crippen LogP contribution >= 0.6 is 11.3 Å². The van der Waals surface area contributed by atoms with Gasteiger partial charge in [0.2, 0.25) is 5.75 Å². The molecule has 40 heavy (non-hydrogen) atoms. The topological polar surface area (TPSA) is 93.6 Å². The Morgan fingerprint density at radius 2 is 1.40 bits per heavy atom. The Morgan fingerprint density at radius 3 is 2.02 bits per heavy atom. The van der Waals surface area contributed by atoms with Gasteiger partial charge in [-0.15, -0.1) is 0 Å². The smallest absolute Gasteiger partial charge is 0.365 e. The van der Waals surface area contributed by atoms with E-state index in [4.69, 9.17) is 38.9 Å². The van der Waals surface area contributed by atoms with Gasteiger partial charge in [0.15, 0.2) is 17.0 Å². The van der Waals surface area contributed by atoms with Crippen LogP contribution in [0.25, 0.3) is 43.2 Å². The summed E-state index contributed by atoms with van der Waals surface area (Å²) < 4.78 is 28.7. The van der Waals surface area contributed by atoms with E-state index in [1.54, 1.807) is 45.1 Å². The molecule has 0 fully saturated rings. The first-order chi connectivity index (χ1) is 19.6. The molecule has 0 aliphatic heterocycles. The third-order valence-corrected chi connectivity index (χ3v) is 7.50. The lowest BCUT2D eigenvalue weighted by molar-refractivity contribution is -0.734. The van der Waals surface area contributed by atoms with Crippen molar-refractivity contribution in [1.29, 1.82) is 0 Å². The zero-order valence-corrected chi connectivity index (χ0v) is 23.4. The maximum absolute atomic E-state index is 5.69. The summed E-state index contributed by atoms with van der Waals surface area (Å²) in [6.07, 6.45) is 0. The maximum Gasteiger partial charge on any atom is 0.365 e. The van der Waals surface area contributed by atoms with Crippen LogP contribution in [0.4, 0.5) is 0 Å². The maximum atomic E-state index is 5.69. The molecule has 202 valence electrons. The Morgan fingerprint density at radius 1 is 0.725 bits per heavy atom. The van der Waals surface area contributed by atoms with Gasteiger partial charge in [0, 0.05) is 39.6 Å². The van der Waals surface area contributed by atoms with Crippen LogP contribution in [0.15, 0.2) is 66.7 Å². The van der Waals surface area contributed by atoms with Crippen LogP contribution in [0.5, 0.6) is 28.7 Å². The van der Waals surface area contributed by atoms with Gasteiger partial charge >= 0.3 is 5.13 Å². The standard InChI is InChI=1S/C29H26N5O5S/c1-35-19-12-10-17(11-13-19)28-31-33(18-14-23(37-3)27(39-5)24(15-18)38-4)34(32-28)29-30-26-21-9-7-6-8-20(21)22(36-2)16-25(26)40-29/h6-16H,1-5H3/q+1. The van der Waals surface area contributed by atoms with Crippen molar-refractivity contribution in [2.24, 2.45) is 0 Å². The van der Waals surface area contributed by atoms with Gasteiger partial charge in [0.25, 0.3) is 5.82 Å². The highest BCUT2D eigenvalue weighted by Crippen LogP contribution is 2.40. The molecule has 0 N–H and O–H groups in total. The molecule has 0 aliphatic carbocycles. The summed E-state index contributed by atoms with van der Waals surface area (Å²) in [7, 11) is 8.02. The lowest BCUT2D eigenvalue weighted by Gasteiger charge is -2.13. The Bertz CT molecular complexity index is 1820. The number of benzene rings is 4. The molecule has 0 spiro atoms. The second kappa shape index (κ2) is 10.3. The number of hydrogen-bond acceptors (Lipinski definition) is 9. The van der Waals surface area contributed by atoms with Crippen molar-refractivity contribution in [3.63, 3.8) is 0 Å². The normalized spacial score (nSPS) is 11.1. The molecule has 2 aromatic heterocycles. The molecule has 0 saturated heterocycles. The zero-order chi connectivity index (χ0) is 27.8. The van der Waals surface area contributed by atoms with Crippen LogP contribution in [-0.4, -0.2) is 55.5 Å². The quantitative estimate of drug-likeness (QED) is 0.242. The average molecular weight is 557 g/mol. The minimum absolute atomic E-state index is 0.481. The molecule has 11 heteroatoms. The highest BCUT2D eigenvalue weighted by Gasteiger charge is 2.28. The van der Waals surface area contributed by atoms with E-state index in [2.05, 4.69) is 0 Å². The van der Waals surface area contributed by atoms with E-state index in [0.717, 1.165) is 38.1 Å². The minimum atomic E-state index is 0.481. The van der Waals surface area contributed by atoms with E-state index in [0.29, 0.717) is 33.9 Å². The summed E-state index contributed by atoms with van der Waals surface area (Å²) in [5.41, 5.74) is 2.31. The summed E-state index contributed by atoms with van der Waals surface area (Å²) >= 11 is 1.49. The molecule has 6 rings (SSSR count). The fourth-order valence-corrected chi connectivity index (χ4v) is 5.53. The number of hydrogen-bond donors (Lipinski definition) is 0. The van der Waals surface area contributed by atoms with Gasteiger partial charge in [-0.2, -0.15) is 0 Å². The Balaban J connectivity index is 1.60. The number of ether oxygens (including phenoxy) is 5. The van der Waals surface area contributed by atoms with Gasteiger partial charge in [-0.1, -0.05) is 40.6 Å². The van der Waals surface area contributed by atoms with Gasteiger partial charge in [0.1, 0.15) is 17.2 Å². The molecular formula is C29H26N5O5S+. The third-order valence-electron chi connectivity index (χ3n) is 6.53. The summed E-state index contributed by atoms with van der Waals surface area (Å²) in [4.78, 5) is 8.36. The van der Waals surface area contributed by atoms with Crippen molar-refractivity contribution in [1.82, 2.24) is 20.0 Å². The van der Waals surface area contributed by atoms with E-state index in [9.17, 15) is 0 Å². The fraction of sp³-hybridized carbons (Fsp3) is 0.172. The number of nitrogens with zero attached hydrogens (tertiary/aromatic N) is 5. The van der Waals surface area contributed by atoms with Crippen molar-refractivity contribution < 1.29 is 28.5 Å². The summed E-state index contributed by atoms with van der Waals surface area (Å²) in [6, 6.07) is 21.3. The first kappa shape index (κ1) is 25.4. The van der Waals surface area contributed by atoms with Gasteiger partial charge in [-0.3, -0.25) is 0 Å². The number of tetrazole rings is 1. The van der Waals surface area contributed by atoms with Crippen LogP contribution in [0.1, 0.15) is 0 Å². The van der Waals surface area contributed by atoms with E-state index < -0.39 is 0 Å². The van der Waals surface area contributed by atoms with Crippen molar-refractivity contribution in [2.45, 2.75) is 0 Å². The molecule has 0 amide bonds. The number of fused-ring (bicyclic) bond motifs is 3. The van der Waals surface area contributed by atoms with E-state index >= 15 is 0 Å². The van der Waals surface area contributed by atoms with Crippen LogP contribution in [-0.2, 0) is 0 Å². The Hall–Kier alpha value is -4.90. The number of thiazole rings is 1. The van der Waals surface area contributed by atoms with Crippen molar-refractivity contribution in [3.05, 3.63) is 66.7 Å². The molecule has 0 atom stereocenters. The lowest BCUT2D eigenvalue weighted by Crippen LogP contribution is -2.43. The van der Waals surface area contributed by atoms with E-state index in [1.165, 1.54) is 11.3 Å². The zero-order valence-electron chi connectivity index (χ0n) is 22.5. The van der Waals surface area contributed by atoms with Crippen LogP contribution in [0.3, 0.4) is 0 Å². The molecule has 0 aliphatic rings. The molecule has 6 aromatic rings. The van der Waals surface area contributed by atoms with Crippen LogP contribution in [0, 0.1) is 0 Å². The van der Waals surface area contributed by atoms with Crippen LogP contribution in [0.2, 0.25) is 0 Å². The number of rotatable bonds is 8. The van der Waals surface area contributed by atoms with Crippen LogP contribution < -0.4 is 28.5 Å². The molecule has 2 heterocycles. The largest absolute Gasteiger partial charge is 0.497 e. The molecule has 0 bridgehead atoms. The predicted octanol–water partition coefficient (Wildman–Crippen LogP) is 5.02. The minimum Gasteiger partial charge on any atom is -0.497 e. The SMILES string of the molecule is COc1ccc(-c2nn(-c3cc(OC)c(OC)c(OC)c3)[n+](-c3nc4c(cc(OC)c5ccccc54)s3)n2)cc1. The van der Waals surface area contributed by atoms with Crippen molar-refractivity contribution >= 4 is 32.3 Å². The molecule has 0 radical (unpaired) electrons. The molecule has 0 saturated carbocycles. The second-order valence-electron chi connectivity index (χ2n) is 8.68. The highest BCUT2D eigenvalue weighted by molar-refractivity contribution is 7.20. The molecule has 10 nitrogen and oxygen atoms in total. The van der Waals surface area contributed by atoms with Gasteiger partial charge in [-0.25, -0.2) is 0 Å². The Kier molecular flexibility index (Phi) is 6.56. The monoisotopic (exact) mass is 556 g/mol. The average Bonchev–Trinajstić information content (AvgIpc) is 3.65. The third kappa shape index (κ3) is 4.20. The summed E-state index contributed by atoms with van der Waals surface area (Å²) in [5.74, 6) is 3.49. The van der Waals surface area contributed by atoms with Gasteiger partial charge in [-0.05, 0) is 39.0 Å².